The molecule has 0 saturated heterocycles. The second-order valence-electron chi connectivity index (χ2n) is 3.91. The van der Waals surface area contributed by atoms with E-state index in [2.05, 4.69) is 25.7 Å². The van der Waals surface area contributed by atoms with Gasteiger partial charge in [-0.2, -0.15) is 14.6 Å². The lowest BCUT2D eigenvalue weighted by Crippen LogP contribution is -2.23. The summed E-state index contributed by atoms with van der Waals surface area (Å²) in [6.45, 7) is 0.0310. The molecule has 0 unspecified atom stereocenters. The fourth-order valence-corrected chi connectivity index (χ4v) is 1.58. The molecule has 0 saturated carbocycles. The molecule has 0 aliphatic heterocycles. The largest absolute Gasteiger partial charge is 0.470 e. The molecule has 20 heavy (non-hydrogen) atoms. The van der Waals surface area contributed by atoms with Crippen molar-refractivity contribution in [1.82, 2.24) is 45.0 Å². The monoisotopic (exact) mass is 279 g/mol. The minimum atomic E-state index is -0.438. The summed E-state index contributed by atoms with van der Waals surface area (Å²) in [5.41, 5.74) is -0.0354. The quantitative estimate of drug-likeness (QED) is 0.610. The summed E-state index contributed by atoms with van der Waals surface area (Å²) in [6, 6.07) is 1.54. The van der Waals surface area contributed by atoms with Gasteiger partial charge in [-0.05, 0) is 10.4 Å². The number of ether oxygens (including phenoxy) is 1. The fraction of sp³-hybridized carbons (Fsp3) is 0.333. The SMILES string of the molecule is [3H]n1ccc(OCc2nn(C)nc2-n2nnn(C)c2=O)n1. The van der Waals surface area contributed by atoms with E-state index in [-0.39, 0.29) is 18.3 Å². The lowest BCUT2D eigenvalue weighted by atomic mass is 10.4. The smallest absolute Gasteiger partial charge is 0.369 e. The number of tetrazole rings is 1. The molecule has 3 heterocycles. The Hall–Kier alpha value is -2.98. The number of H-pyrrole nitrogens is 1. The van der Waals surface area contributed by atoms with Gasteiger partial charge in [0.1, 0.15) is 12.3 Å². The number of aromatic nitrogens is 9. The molecule has 0 bridgehead atoms. The summed E-state index contributed by atoms with van der Waals surface area (Å²) in [5.74, 6) is 0.508. The van der Waals surface area contributed by atoms with E-state index in [0.717, 1.165) is 14.5 Å². The first-order valence-electron chi connectivity index (χ1n) is 6.06. The number of hydrogen-bond acceptors (Lipinski definition) is 7. The number of nitrogens with zero attached hydrogens (tertiary/aromatic N) is 8. The van der Waals surface area contributed by atoms with Crippen LogP contribution in [0.15, 0.2) is 17.1 Å². The van der Waals surface area contributed by atoms with E-state index in [1.165, 1.54) is 24.1 Å². The maximum Gasteiger partial charge on any atom is 0.369 e. The minimum absolute atomic E-state index is 0.0310. The van der Waals surface area contributed by atoms with Crippen LogP contribution in [0.25, 0.3) is 5.82 Å². The van der Waals surface area contributed by atoms with E-state index in [4.69, 9.17) is 6.15 Å². The van der Waals surface area contributed by atoms with Crippen LogP contribution in [0.2, 0.25) is 1.41 Å². The normalized spacial score (nSPS) is 11.6. The van der Waals surface area contributed by atoms with E-state index in [1.807, 2.05) is 0 Å². The molecular weight excluding hydrogens is 266 g/mol. The molecule has 0 aliphatic carbocycles. The van der Waals surface area contributed by atoms with E-state index in [9.17, 15) is 4.79 Å². The van der Waals surface area contributed by atoms with Crippen molar-refractivity contribution in [2.24, 2.45) is 14.1 Å². The minimum Gasteiger partial charge on any atom is -0.470 e. The summed E-state index contributed by atoms with van der Waals surface area (Å²) in [4.78, 5) is 13.2. The molecule has 11 nitrogen and oxygen atoms in total. The van der Waals surface area contributed by atoms with Crippen LogP contribution in [0.5, 0.6) is 5.88 Å². The molecule has 3 rings (SSSR count). The Labute approximate surface area is 113 Å². The standard InChI is InChI=1S/C9H11N9O2/c1-16-9(19)18(15-14-16)8-6(12-17(2)13-8)5-20-7-3-4-10-11-7/h3-4H,5H2,1-2H3,(H,10,11)/i/hT. The number of aromatic amines is 1. The molecule has 0 spiro atoms. The number of hydrogen-bond donors (Lipinski definition) is 1. The highest BCUT2D eigenvalue weighted by molar-refractivity contribution is 5.24. The maximum absolute atomic E-state index is 11.9. The highest BCUT2D eigenvalue weighted by Crippen LogP contribution is 2.10. The Kier molecular flexibility index (Phi) is 2.51. The van der Waals surface area contributed by atoms with Crippen molar-refractivity contribution in [2.45, 2.75) is 6.61 Å². The van der Waals surface area contributed by atoms with Crippen LogP contribution in [0.1, 0.15) is 5.69 Å². The van der Waals surface area contributed by atoms with Crippen LogP contribution in [0, 0.1) is 0 Å². The van der Waals surface area contributed by atoms with Gasteiger partial charge in [0.25, 0.3) is 0 Å². The molecule has 0 aliphatic rings. The number of aryl methyl sites for hydroxylation is 2. The van der Waals surface area contributed by atoms with Crippen LogP contribution in [0.4, 0.5) is 0 Å². The topological polar surface area (TPSA) is 121 Å². The van der Waals surface area contributed by atoms with Crippen molar-refractivity contribution in [3.8, 4) is 11.7 Å². The third-order valence-electron chi connectivity index (χ3n) is 2.48. The number of rotatable bonds is 4. The molecule has 3 aromatic rings. The first-order valence-corrected chi connectivity index (χ1v) is 5.62. The summed E-state index contributed by atoms with van der Waals surface area (Å²) < 4.78 is 14.8. The van der Waals surface area contributed by atoms with Gasteiger partial charge in [-0.1, -0.05) is 0 Å². The van der Waals surface area contributed by atoms with Crippen LogP contribution < -0.4 is 10.4 Å². The van der Waals surface area contributed by atoms with Gasteiger partial charge in [-0.15, -0.1) is 14.9 Å². The molecule has 0 fully saturated rings. The maximum atomic E-state index is 11.9. The molecule has 0 amide bonds. The van der Waals surface area contributed by atoms with Crippen molar-refractivity contribution in [3.05, 3.63) is 28.4 Å². The molecule has 0 aromatic carbocycles. The Morgan fingerprint density at radius 1 is 1.40 bits per heavy atom. The Morgan fingerprint density at radius 3 is 2.90 bits per heavy atom. The second-order valence-corrected chi connectivity index (χ2v) is 3.91. The zero-order valence-corrected chi connectivity index (χ0v) is 10.7. The van der Waals surface area contributed by atoms with Crippen molar-refractivity contribution >= 4 is 0 Å². The average molecular weight is 279 g/mol. The van der Waals surface area contributed by atoms with Crippen molar-refractivity contribution in [2.75, 3.05) is 0 Å². The predicted octanol–water partition coefficient (Wildman–Crippen LogP) is -1.60. The first-order chi connectivity index (χ1) is 10.0. The molecule has 104 valence electrons. The van der Waals surface area contributed by atoms with Crippen LogP contribution >= 0.6 is 0 Å². The molecule has 11 heteroatoms. The molecule has 1 N–H and O–H groups in total. The van der Waals surface area contributed by atoms with Gasteiger partial charge < -0.3 is 4.74 Å². The second kappa shape index (κ2) is 4.60. The van der Waals surface area contributed by atoms with E-state index in [1.54, 1.807) is 7.05 Å². The van der Waals surface area contributed by atoms with Gasteiger partial charge >= 0.3 is 5.69 Å². The van der Waals surface area contributed by atoms with Crippen molar-refractivity contribution in [1.29, 1.82) is 0 Å². The number of nitrogens with one attached hydrogen (secondary N) is 1. The van der Waals surface area contributed by atoms with Gasteiger partial charge in [0, 0.05) is 26.4 Å². The highest BCUT2D eigenvalue weighted by atomic mass is 16.5. The molecule has 3 aromatic heterocycles. The molecule has 0 radical (unpaired) electrons. The van der Waals surface area contributed by atoms with Gasteiger partial charge in [-0.3, -0.25) is 5.09 Å². The molecular formula is C9H11N9O2. The Bertz CT molecular complexity index is 829. The third kappa shape index (κ3) is 2.04. The zero-order chi connectivity index (χ0) is 15.0. The van der Waals surface area contributed by atoms with Crippen LogP contribution in [-0.2, 0) is 20.7 Å². The summed E-state index contributed by atoms with van der Waals surface area (Å²) in [6.07, 6.45) is 1.43. The zero-order valence-electron chi connectivity index (χ0n) is 11.7. The van der Waals surface area contributed by atoms with Crippen LogP contribution in [0.3, 0.4) is 0 Å². The summed E-state index contributed by atoms with van der Waals surface area (Å²) in [7, 11) is 3.10. The van der Waals surface area contributed by atoms with Crippen molar-refractivity contribution in [3.63, 3.8) is 0 Å². The van der Waals surface area contributed by atoms with Gasteiger partial charge in [0.05, 0.1) is 0 Å². The predicted molar refractivity (Wildman–Crippen MR) is 64.1 cm³/mol. The fourth-order valence-electron chi connectivity index (χ4n) is 1.58. The average Bonchev–Trinajstić information content (AvgIpc) is 3.10. The van der Waals surface area contributed by atoms with E-state index >= 15 is 0 Å². The van der Waals surface area contributed by atoms with Gasteiger partial charge in [-0.25, -0.2) is 4.79 Å². The van der Waals surface area contributed by atoms with E-state index < -0.39 is 5.69 Å². The van der Waals surface area contributed by atoms with E-state index in [0.29, 0.717) is 5.69 Å². The highest BCUT2D eigenvalue weighted by Gasteiger charge is 2.17. The molecule has 0 atom stereocenters. The lowest BCUT2D eigenvalue weighted by Gasteiger charge is -2.00. The van der Waals surface area contributed by atoms with Gasteiger partial charge in [0.2, 0.25) is 11.7 Å². The first kappa shape index (κ1) is 10.9. The third-order valence-corrected chi connectivity index (χ3v) is 2.48. The lowest BCUT2D eigenvalue weighted by molar-refractivity contribution is 0.287. The van der Waals surface area contributed by atoms with Crippen LogP contribution in [-0.4, -0.2) is 45.0 Å². The van der Waals surface area contributed by atoms with Crippen molar-refractivity contribution < 1.29 is 6.15 Å². The van der Waals surface area contributed by atoms with Gasteiger partial charge in [0.15, 0.2) is 1.41 Å². The summed E-state index contributed by atoms with van der Waals surface area (Å²) >= 11 is 0. The Balaban J connectivity index is 1.89. The summed E-state index contributed by atoms with van der Waals surface area (Å²) in [5, 5.41) is 20.2. The Morgan fingerprint density at radius 2 is 2.25 bits per heavy atom.